The highest BCUT2D eigenvalue weighted by Crippen LogP contribution is 2.30. The van der Waals surface area contributed by atoms with Gasteiger partial charge in [0, 0.05) is 17.0 Å². The van der Waals surface area contributed by atoms with E-state index < -0.39 is 11.5 Å². The SMILES string of the molecule is CCN(CC)CC(Oc1ccc(Cl)cc1Cl)C(=O)C(C)(C)C.Cl. The van der Waals surface area contributed by atoms with Crippen LogP contribution in [0.25, 0.3) is 0 Å². The fourth-order valence-electron chi connectivity index (χ4n) is 2.10. The Labute approximate surface area is 155 Å². The Bertz CT molecular complexity index is 511. The molecule has 0 aromatic heterocycles. The van der Waals surface area contributed by atoms with E-state index in [1.165, 1.54) is 0 Å². The van der Waals surface area contributed by atoms with Crippen molar-refractivity contribution >= 4 is 41.4 Å². The van der Waals surface area contributed by atoms with E-state index in [1.54, 1.807) is 18.2 Å². The number of carbonyl (C=O) groups is 1. The number of ether oxygens (including phenoxy) is 1. The number of hydrogen-bond donors (Lipinski definition) is 0. The number of hydrogen-bond acceptors (Lipinski definition) is 3. The van der Waals surface area contributed by atoms with Crippen LogP contribution in [0.2, 0.25) is 10.0 Å². The quantitative estimate of drug-likeness (QED) is 0.655. The summed E-state index contributed by atoms with van der Waals surface area (Å²) in [5.41, 5.74) is -0.475. The second kappa shape index (κ2) is 9.73. The minimum atomic E-state index is -0.557. The minimum absolute atomic E-state index is 0. The summed E-state index contributed by atoms with van der Waals surface area (Å²) in [5.74, 6) is 0.547. The summed E-state index contributed by atoms with van der Waals surface area (Å²) in [6, 6.07) is 5.03. The molecule has 132 valence electrons. The molecule has 23 heavy (non-hydrogen) atoms. The molecule has 0 fully saturated rings. The molecule has 0 heterocycles. The third-order valence-electron chi connectivity index (χ3n) is 3.51. The predicted octanol–water partition coefficient (Wildman–Crippen LogP) is 5.12. The topological polar surface area (TPSA) is 29.5 Å². The zero-order valence-electron chi connectivity index (χ0n) is 14.4. The van der Waals surface area contributed by atoms with Gasteiger partial charge in [0.25, 0.3) is 0 Å². The van der Waals surface area contributed by atoms with Crippen LogP contribution in [0.5, 0.6) is 5.75 Å². The highest BCUT2D eigenvalue weighted by molar-refractivity contribution is 6.35. The largest absolute Gasteiger partial charge is 0.480 e. The Morgan fingerprint density at radius 2 is 1.78 bits per heavy atom. The molecule has 3 nitrogen and oxygen atoms in total. The Hall–Kier alpha value is -0.480. The number of carbonyl (C=O) groups excluding carboxylic acids is 1. The van der Waals surface area contributed by atoms with E-state index in [0.29, 0.717) is 22.3 Å². The summed E-state index contributed by atoms with van der Waals surface area (Å²) in [5, 5.41) is 0.957. The van der Waals surface area contributed by atoms with Gasteiger partial charge in [0.15, 0.2) is 11.9 Å². The summed E-state index contributed by atoms with van der Waals surface area (Å²) >= 11 is 12.1. The molecule has 0 saturated carbocycles. The number of ketones is 1. The van der Waals surface area contributed by atoms with E-state index in [2.05, 4.69) is 18.7 Å². The van der Waals surface area contributed by atoms with E-state index in [1.807, 2.05) is 20.8 Å². The maximum Gasteiger partial charge on any atom is 0.179 e. The average Bonchev–Trinajstić information content (AvgIpc) is 2.44. The van der Waals surface area contributed by atoms with Crippen LogP contribution in [-0.4, -0.2) is 36.4 Å². The van der Waals surface area contributed by atoms with Crippen LogP contribution in [0.3, 0.4) is 0 Å². The highest BCUT2D eigenvalue weighted by atomic mass is 35.5. The van der Waals surface area contributed by atoms with E-state index in [9.17, 15) is 4.79 Å². The summed E-state index contributed by atoms with van der Waals surface area (Å²) in [7, 11) is 0. The van der Waals surface area contributed by atoms with Gasteiger partial charge in [-0.2, -0.15) is 0 Å². The zero-order valence-corrected chi connectivity index (χ0v) is 16.7. The molecule has 0 aliphatic rings. The van der Waals surface area contributed by atoms with Crippen molar-refractivity contribution in [3.63, 3.8) is 0 Å². The molecule has 1 rings (SSSR count). The highest BCUT2D eigenvalue weighted by Gasteiger charge is 2.32. The molecular formula is C17H26Cl3NO2. The first kappa shape index (κ1) is 22.5. The van der Waals surface area contributed by atoms with Crippen LogP contribution in [0.1, 0.15) is 34.6 Å². The Balaban J connectivity index is 0.00000484. The number of halogens is 3. The molecule has 0 saturated heterocycles. The number of rotatable bonds is 7. The minimum Gasteiger partial charge on any atom is -0.480 e. The molecule has 0 amide bonds. The molecule has 1 atom stereocenters. The first-order valence-electron chi connectivity index (χ1n) is 7.57. The van der Waals surface area contributed by atoms with E-state index in [-0.39, 0.29) is 18.2 Å². The Morgan fingerprint density at radius 3 is 2.22 bits per heavy atom. The number of benzene rings is 1. The van der Waals surface area contributed by atoms with Crippen LogP contribution in [0.4, 0.5) is 0 Å². The molecule has 1 unspecified atom stereocenters. The lowest BCUT2D eigenvalue weighted by Gasteiger charge is -2.29. The maximum absolute atomic E-state index is 12.7. The summed E-state index contributed by atoms with van der Waals surface area (Å²) in [6.45, 7) is 12.1. The molecule has 1 aromatic rings. The van der Waals surface area contributed by atoms with Crippen LogP contribution in [-0.2, 0) is 4.79 Å². The van der Waals surface area contributed by atoms with Crippen molar-refractivity contribution in [2.24, 2.45) is 5.41 Å². The average molecular weight is 383 g/mol. The van der Waals surface area contributed by atoms with Gasteiger partial charge in [0.2, 0.25) is 0 Å². The fraction of sp³-hybridized carbons (Fsp3) is 0.588. The number of likely N-dealkylation sites (N-methyl/N-ethyl adjacent to an activating group) is 1. The smallest absolute Gasteiger partial charge is 0.179 e. The number of nitrogens with zero attached hydrogens (tertiary/aromatic N) is 1. The van der Waals surface area contributed by atoms with Crippen molar-refractivity contribution in [1.29, 1.82) is 0 Å². The predicted molar refractivity (Wildman–Crippen MR) is 100 cm³/mol. The third kappa shape index (κ3) is 6.88. The van der Waals surface area contributed by atoms with Gasteiger partial charge in [0.05, 0.1) is 5.02 Å². The zero-order chi connectivity index (χ0) is 16.9. The lowest BCUT2D eigenvalue weighted by molar-refractivity contribution is -0.134. The lowest BCUT2D eigenvalue weighted by Crippen LogP contribution is -2.45. The Morgan fingerprint density at radius 1 is 1.22 bits per heavy atom. The first-order valence-corrected chi connectivity index (χ1v) is 8.33. The van der Waals surface area contributed by atoms with Crippen molar-refractivity contribution in [3.8, 4) is 5.75 Å². The van der Waals surface area contributed by atoms with Crippen LogP contribution >= 0.6 is 35.6 Å². The van der Waals surface area contributed by atoms with Crippen LogP contribution in [0, 0.1) is 5.41 Å². The second-order valence-electron chi connectivity index (χ2n) is 6.28. The van der Waals surface area contributed by atoms with Gasteiger partial charge in [-0.1, -0.05) is 57.8 Å². The van der Waals surface area contributed by atoms with E-state index in [4.69, 9.17) is 27.9 Å². The van der Waals surface area contributed by atoms with Gasteiger partial charge in [-0.25, -0.2) is 0 Å². The molecule has 0 radical (unpaired) electrons. The summed E-state index contributed by atoms with van der Waals surface area (Å²) in [4.78, 5) is 14.9. The van der Waals surface area contributed by atoms with E-state index >= 15 is 0 Å². The van der Waals surface area contributed by atoms with Gasteiger partial charge >= 0.3 is 0 Å². The molecule has 1 aromatic carbocycles. The molecule has 0 aliphatic heterocycles. The lowest BCUT2D eigenvalue weighted by atomic mass is 9.87. The standard InChI is InChI=1S/C17H25Cl2NO2.ClH/c1-6-20(7-2)11-15(16(21)17(3,4)5)22-14-9-8-12(18)10-13(14)19;/h8-10,15H,6-7,11H2,1-5H3;1H. The molecule has 0 N–H and O–H groups in total. The third-order valence-corrected chi connectivity index (χ3v) is 4.04. The summed E-state index contributed by atoms with van der Waals surface area (Å²) in [6.07, 6.45) is -0.557. The molecular weight excluding hydrogens is 357 g/mol. The molecule has 6 heteroatoms. The van der Waals surface area contributed by atoms with Crippen LogP contribution < -0.4 is 4.74 Å². The van der Waals surface area contributed by atoms with Crippen molar-refractivity contribution in [3.05, 3.63) is 28.2 Å². The Kier molecular flexibility index (Phi) is 9.53. The summed E-state index contributed by atoms with van der Waals surface area (Å²) < 4.78 is 5.94. The number of Topliss-reactive ketones (excluding diaryl/α,β-unsaturated/α-hetero) is 1. The first-order chi connectivity index (χ1) is 10.2. The van der Waals surface area contributed by atoms with Crippen molar-refractivity contribution in [1.82, 2.24) is 4.90 Å². The molecule has 0 bridgehead atoms. The maximum atomic E-state index is 12.7. The van der Waals surface area contributed by atoms with Gasteiger partial charge in [0.1, 0.15) is 5.75 Å². The normalized spacial score (nSPS) is 12.7. The van der Waals surface area contributed by atoms with Gasteiger partial charge in [-0.15, -0.1) is 12.4 Å². The van der Waals surface area contributed by atoms with Crippen LogP contribution in [0.15, 0.2) is 18.2 Å². The van der Waals surface area contributed by atoms with Crippen molar-refractivity contribution in [2.45, 2.75) is 40.7 Å². The van der Waals surface area contributed by atoms with E-state index in [0.717, 1.165) is 13.1 Å². The molecule has 0 aliphatic carbocycles. The monoisotopic (exact) mass is 381 g/mol. The van der Waals surface area contributed by atoms with Gasteiger partial charge < -0.3 is 4.74 Å². The van der Waals surface area contributed by atoms with Gasteiger partial charge in [-0.05, 0) is 31.3 Å². The molecule has 0 spiro atoms. The van der Waals surface area contributed by atoms with Crippen molar-refractivity contribution in [2.75, 3.05) is 19.6 Å². The second-order valence-corrected chi connectivity index (χ2v) is 7.12. The van der Waals surface area contributed by atoms with Gasteiger partial charge in [-0.3, -0.25) is 9.69 Å². The fourth-order valence-corrected chi connectivity index (χ4v) is 2.55. The van der Waals surface area contributed by atoms with Crippen molar-refractivity contribution < 1.29 is 9.53 Å².